The lowest BCUT2D eigenvalue weighted by Gasteiger charge is -2.30. The van der Waals surface area contributed by atoms with Crippen LogP contribution in [0.25, 0.3) is 0 Å². The number of cyclic esters (lactones) is 1. The summed E-state index contributed by atoms with van der Waals surface area (Å²) in [5.74, 6) is -2.20. The minimum atomic E-state index is -0.831. The third-order valence-corrected chi connectivity index (χ3v) is 5.75. The fraction of sp³-hybridized carbons (Fsp3) is 0.318. The Kier molecular flexibility index (Phi) is 5.05. The molecule has 0 aromatic heterocycles. The van der Waals surface area contributed by atoms with Crippen LogP contribution < -0.4 is 5.32 Å². The molecule has 0 bridgehead atoms. The van der Waals surface area contributed by atoms with Crippen molar-refractivity contribution in [2.75, 3.05) is 13.7 Å². The van der Waals surface area contributed by atoms with Gasteiger partial charge < -0.3 is 15.0 Å². The van der Waals surface area contributed by atoms with Crippen molar-refractivity contribution < 1.29 is 23.5 Å². The first-order valence-electron chi connectivity index (χ1n) is 9.49. The number of alkyl carbamates (subject to hydrolysis) is 1. The van der Waals surface area contributed by atoms with Gasteiger partial charge in [0, 0.05) is 19.4 Å². The summed E-state index contributed by atoms with van der Waals surface area (Å²) in [6.45, 7) is 0.0544. The van der Waals surface area contributed by atoms with Crippen molar-refractivity contribution in [3.05, 3.63) is 71.5 Å². The summed E-state index contributed by atoms with van der Waals surface area (Å²) in [6, 6.07) is 13.9. The zero-order chi connectivity index (χ0) is 20.5. The molecular formula is C22H21FN2O4. The highest BCUT2D eigenvalue weighted by molar-refractivity contribution is 5.98. The van der Waals surface area contributed by atoms with Crippen LogP contribution in [-0.2, 0) is 14.3 Å². The maximum Gasteiger partial charge on any atom is 0.407 e. The van der Waals surface area contributed by atoms with Crippen molar-refractivity contribution in [2.24, 2.45) is 0 Å². The van der Waals surface area contributed by atoms with Gasteiger partial charge in [-0.3, -0.25) is 9.59 Å². The predicted molar refractivity (Wildman–Crippen MR) is 103 cm³/mol. The Bertz CT molecular complexity index is 949. The molecule has 2 aliphatic heterocycles. The van der Waals surface area contributed by atoms with Gasteiger partial charge in [-0.1, -0.05) is 48.5 Å². The van der Waals surface area contributed by atoms with Gasteiger partial charge in [-0.15, -0.1) is 0 Å². The summed E-state index contributed by atoms with van der Waals surface area (Å²) in [7, 11) is 1.57. The minimum Gasteiger partial charge on any atom is -0.447 e. The van der Waals surface area contributed by atoms with Gasteiger partial charge in [-0.05, 0) is 17.2 Å². The van der Waals surface area contributed by atoms with Crippen molar-refractivity contribution in [2.45, 2.75) is 30.3 Å². The lowest BCUT2D eigenvalue weighted by Crippen LogP contribution is -2.46. The number of benzene rings is 2. The van der Waals surface area contributed by atoms with Crippen LogP contribution >= 0.6 is 0 Å². The number of likely N-dealkylation sites (N-methyl/N-ethyl adjacent to an activating group) is 1. The number of ether oxygens (including phenoxy) is 1. The first-order chi connectivity index (χ1) is 14.0. The predicted octanol–water partition coefficient (Wildman–Crippen LogP) is 2.60. The number of amides is 2. The molecule has 2 amide bonds. The molecule has 6 nitrogen and oxygen atoms in total. The summed E-state index contributed by atoms with van der Waals surface area (Å²) in [5, 5.41) is 2.69. The molecule has 29 heavy (non-hydrogen) atoms. The Morgan fingerprint density at radius 1 is 1.14 bits per heavy atom. The van der Waals surface area contributed by atoms with E-state index < -0.39 is 35.8 Å². The number of Topliss-reactive ketones (excluding diaryl/α,β-unsaturated/α-hetero) is 1. The number of hydrogen-bond acceptors (Lipinski definition) is 4. The molecule has 1 N–H and O–H groups in total. The quantitative estimate of drug-likeness (QED) is 0.843. The third-order valence-electron chi connectivity index (χ3n) is 5.75. The molecule has 2 aromatic carbocycles. The lowest BCUT2D eigenvalue weighted by atomic mass is 9.79. The van der Waals surface area contributed by atoms with E-state index in [0.717, 1.165) is 0 Å². The van der Waals surface area contributed by atoms with Crippen LogP contribution in [0.4, 0.5) is 9.18 Å². The highest BCUT2D eigenvalue weighted by Crippen LogP contribution is 2.39. The molecule has 1 unspecified atom stereocenters. The number of nitrogens with zero attached hydrogens (tertiary/aromatic N) is 1. The Hall–Kier alpha value is -3.22. The van der Waals surface area contributed by atoms with Crippen molar-refractivity contribution >= 4 is 17.8 Å². The number of hydrogen-bond donors (Lipinski definition) is 1. The number of rotatable bonds is 5. The van der Waals surface area contributed by atoms with Crippen LogP contribution in [0.3, 0.4) is 0 Å². The Morgan fingerprint density at radius 3 is 2.48 bits per heavy atom. The van der Waals surface area contributed by atoms with Gasteiger partial charge in [0.15, 0.2) is 5.78 Å². The van der Waals surface area contributed by atoms with Gasteiger partial charge in [0.1, 0.15) is 12.4 Å². The fourth-order valence-corrected chi connectivity index (χ4v) is 4.33. The smallest absolute Gasteiger partial charge is 0.407 e. The molecule has 2 heterocycles. The van der Waals surface area contributed by atoms with Gasteiger partial charge in [0.25, 0.3) is 0 Å². The number of carbonyl (C=O) groups is 3. The number of carbonyl (C=O) groups excluding carboxylic acids is 3. The van der Waals surface area contributed by atoms with E-state index in [1.165, 1.54) is 11.0 Å². The van der Waals surface area contributed by atoms with Gasteiger partial charge >= 0.3 is 6.09 Å². The number of ketones is 1. The fourth-order valence-electron chi connectivity index (χ4n) is 4.33. The molecule has 0 radical (unpaired) electrons. The van der Waals surface area contributed by atoms with Crippen LogP contribution in [0.15, 0.2) is 54.6 Å². The zero-order valence-electron chi connectivity index (χ0n) is 15.9. The van der Waals surface area contributed by atoms with Crippen molar-refractivity contribution in [1.29, 1.82) is 0 Å². The van der Waals surface area contributed by atoms with Gasteiger partial charge in [-0.2, -0.15) is 0 Å². The van der Waals surface area contributed by atoms with E-state index in [-0.39, 0.29) is 24.7 Å². The second kappa shape index (κ2) is 7.66. The molecule has 0 saturated carbocycles. The summed E-state index contributed by atoms with van der Waals surface area (Å²) in [6.07, 6.45) is -0.520. The van der Waals surface area contributed by atoms with E-state index >= 15 is 0 Å². The van der Waals surface area contributed by atoms with Crippen LogP contribution in [0.2, 0.25) is 0 Å². The van der Waals surface area contributed by atoms with Crippen LogP contribution in [0.1, 0.15) is 29.4 Å². The summed E-state index contributed by atoms with van der Waals surface area (Å²) >= 11 is 0. The largest absolute Gasteiger partial charge is 0.447 e. The standard InChI is InChI=1S/C22H21FN2O4/c1-25-18(26)11-15(14-9-5-6-10-16(14)23)20(25)21(27)19(13-7-3-2-4-8-13)17-12-29-22(28)24-17/h2-10,15,17,19-20H,11-12H2,1H3,(H,24,28)/t15-,17-,19?,20-/m1/s1. The first kappa shape index (κ1) is 19.1. The van der Waals surface area contributed by atoms with Crippen LogP contribution in [0.5, 0.6) is 0 Å². The summed E-state index contributed by atoms with van der Waals surface area (Å²) in [5.41, 5.74) is 1.07. The Balaban J connectivity index is 1.74. The van der Waals surface area contributed by atoms with E-state index in [9.17, 15) is 18.8 Å². The van der Waals surface area contributed by atoms with E-state index in [4.69, 9.17) is 4.74 Å². The van der Waals surface area contributed by atoms with Gasteiger partial charge in [0.05, 0.1) is 18.0 Å². The number of nitrogens with one attached hydrogen (secondary N) is 1. The molecule has 150 valence electrons. The van der Waals surface area contributed by atoms with E-state index in [0.29, 0.717) is 11.1 Å². The lowest BCUT2D eigenvalue weighted by molar-refractivity contribution is -0.133. The molecule has 2 aromatic rings. The molecule has 0 aliphatic carbocycles. The normalized spacial score (nSPS) is 24.9. The van der Waals surface area contributed by atoms with E-state index in [1.54, 1.807) is 25.2 Å². The molecule has 2 saturated heterocycles. The Morgan fingerprint density at radius 2 is 1.83 bits per heavy atom. The third kappa shape index (κ3) is 3.48. The second-order valence-electron chi connectivity index (χ2n) is 7.42. The van der Waals surface area contributed by atoms with Gasteiger partial charge in [-0.25, -0.2) is 9.18 Å². The molecular weight excluding hydrogens is 375 g/mol. The molecule has 2 aliphatic rings. The number of halogens is 1. The van der Waals surface area contributed by atoms with E-state index in [2.05, 4.69) is 5.32 Å². The molecule has 0 spiro atoms. The molecule has 2 fully saturated rings. The molecule has 4 atom stereocenters. The minimum absolute atomic E-state index is 0.0544. The second-order valence-corrected chi connectivity index (χ2v) is 7.42. The first-order valence-corrected chi connectivity index (χ1v) is 9.49. The van der Waals surface area contributed by atoms with Crippen LogP contribution in [-0.4, -0.2) is 48.4 Å². The van der Waals surface area contributed by atoms with Crippen molar-refractivity contribution in [3.8, 4) is 0 Å². The highest BCUT2D eigenvalue weighted by atomic mass is 19.1. The maximum absolute atomic E-state index is 14.5. The van der Waals surface area contributed by atoms with Crippen molar-refractivity contribution in [1.82, 2.24) is 10.2 Å². The monoisotopic (exact) mass is 396 g/mol. The highest BCUT2D eigenvalue weighted by Gasteiger charge is 2.48. The van der Waals surface area contributed by atoms with Gasteiger partial charge in [0.2, 0.25) is 5.91 Å². The Labute approximate surface area is 167 Å². The maximum atomic E-state index is 14.5. The SMILES string of the molecule is CN1C(=O)C[C@H](c2ccccc2F)[C@@H]1C(=O)C(c1ccccc1)[C@H]1COC(=O)N1. The van der Waals surface area contributed by atoms with E-state index in [1.807, 2.05) is 30.3 Å². The van der Waals surface area contributed by atoms with Crippen LogP contribution in [0, 0.1) is 5.82 Å². The topological polar surface area (TPSA) is 75.7 Å². The average Bonchev–Trinajstić information content (AvgIpc) is 3.26. The molecule has 7 heteroatoms. The zero-order valence-corrected chi connectivity index (χ0v) is 15.9. The molecule has 4 rings (SSSR count). The number of likely N-dealkylation sites (tertiary alicyclic amines) is 1. The average molecular weight is 396 g/mol. The summed E-state index contributed by atoms with van der Waals surface area (Å²) < 4.78 is 19.5. The van der Waals surface area contributed by atoms with Crippen molar-refractivity contribution in [3.63, 3.8) is 0 Å². The summed E-state index contributed by atoms with van der Waals surface area (Å²) in [4.78, 5) is 39.3.